The van der Waals surface area contributed by atoms with Crippen molar-refractivity contribution in [1.29, 1.82) is 0 Å². The Bertz CT molecular complexity index is 165. The van der Waals surface area contributed by atoms with Gasteiger partial charge in [-0.25, -0.2) is 0 Å². The molecule has 0 fully saturated rings. The van der Waals surface area contributed by atoms with Crippen molar-refractivity contribution in [1.82, 2.24) is 5.32 Å². The number of rotatable bonds is 9. The maximum Gasteiger partial charge on any atom is 0.248 e. The Morgan fingerprint density at radius 2 is 2.00 bits per heavy atom. The highest BCUT2D eigenvalue weighted by Crippen LogP contribution is 2.03. The third-order valence-electron chi connectivity index (χ3n) is 2.30. The molecule has 4 heteroatoms. The fraction of sp³-hybridized carbons (Fsp3) is 0.909. The van der Waals surface area contributed by atoms with E-state index in [-0.39, 0.29) is 12.0 Å². The number of unbranched alkanes of at least 4 members (excludes halogenated alkanes) is 3. The molecule has 15 heavy (non-hydrogen) atoms. The number of carbonyl (C=O) groups is 1. The van der Waals surface area contributed by atoms with Crippen molar-refractivity contribution < 1.29 is 9.53 Å². The van der Waals surface area contributed by atoms with Crippen molar-refractivity contribution in [2.45, 2.75) is 38.7 Å². The topological polar surface area (TPSA) is 38.3 Å². The van der Waals surface area contributed by atoms with E-state index < -0.39 is 0 Å². The first-order valence-electron chi connectivity index (χ1n) is 5.51. The van der Waals surface area contributed by atoms with Gasteiger partial charge in [-0.05, 0) is 31.8 Å². The predicted molar refractivity (Wildman–Crippen MR) is 66.3 cm³/mol. The van der Waals surface area contributed by atoms with Gasteiger partial charge in [0.05, 0.1) is 0 Å². The summed E-state index contributed by atoms with van der Waals surface area (Å²) in [5, 5.41) is 2.86. The van der Waals surface area contributed by atoms with Crippen molar-refractivity contribution in [3.8, 4) is 0 Å². The molecule has 1 N–H and O–H groups in total. The molecule has 0 heterocycles. The Balaban J connectivity index is 3.20. The molecule has 0 aliphatic carbocycles. The SMILES string of the molecule is COC(C)C(=O)NCCCCCCSC. The molecule has 0 bridgehead atoms. The van der Waals surface area contributed by atoms with Crippen LogP contribution >= 0.6 is 11.8 Å². The Labute approximate surface area is 97.3 Å². The van der Waals surface area contributed by atoms with Crippen LogP contribution in [0.15, 0.2) is 0 Å². The molecular formula is C11H23NO2S. The molecule has 1 amide bonds. The summed E-state index contributed by atoms with van der Waals surface area (Å²) in [6.07, 6.45) is 6.60. The van der Waals surface area contributed by atoms with E-state index in [0.717, 1.165) is 13.0 Å². The average molecular weight is 233 g/mol. The van der Waals surface area contributed by atoms with Crippen molar-refractivity contribution >= 4 is 17.7 Å². The van der Waals surface area contributed by atoms with Gasteiger partial charge < -0.3 is 10.1 Å². The van der Waals surface area contributed by atoms with Gasteiger partial charge in [0, 0.05) is 13.7 Å². The van der Waals surface area contributed by atoms with Gasteiger partial charge in [-0.15, -0.1) is 0 Å². The van der Waals surface area contributed by atoms with Crippen molar-refractivity contribution in [3.05, 3.63) is 0 Å². The summed E-state index contributed by atoms with van der Waals surface area (Å²) < 4.78 is 4.91. The minimum Gasteiger partial charge on any atom is -0.372 e. The van der Waals surface area contributed by atoms with Gasteiger partial charge in [0.1, 0.15) is 6.10 Å². The highest BCUT2D eigenvalue weighted by atomic mass is 32.2. The average Bonchev–Trinajstić information content (AvgIpc) is 2.26. The van der Waals surface area contributed by atoms with E-state index in [1.807, 2.05) is 11.8 Å². The van der Waals surface area contributed by atoms with Gasteiger partial charge in [-0.2, -0.15) is 11.8 Å². The minimum absolute atomic E-state index is 0.0124. The molecule has 0 aliphatic rings. The Hall–Kier alpha value is -0.220. The fourth-order valence-electron chi connectivity index (χ4n) is 1.19. The van der Waals surface area contributed by atoms with Gasteiger partial charge in [0.2, 0.25) is 5.91 Å². The van der Waals surface area contributed by atoms with E-state index in [1.54, 1.807) is 14.0 Å². The predicted octanol–water partition coefficient (Wildman–Crippen LogP) is 2.06. The van der Waals surface area contributed by atoms with Crippen molar-refractivity contribution in [2.75, 3.05) is 25.7 Å². The minimum atomic E-state index is -0.332. The number of ether oxygens (including phenoxy) is 1. The third kappa shape index (κ3) is 8.75. The summed E-state index contributed by atoms with van der Waals surface area (Å²) in [7, 11) is 1.55. The Morgan fingerprint density at radius 1 is 1.33 bits per heavy atom. The second-order valence-electron chi connectivity index (χ2n) is 3.58. The number of carbonyl (C=O) groups excluding carboxylic acids is 1. The van der Waals surface area contributed by atoms with Crippen LogP contribution in [-0.2, 0) is 9.53 Å². The summed E-state index contributed by atoms with van der Waals surface area (Å²) in [6.45, 7) is 2.53. The van der Waals surface area contributed by atoms with Gasteiger partial charge in [-0.3, -0.25) is 4.79 Å². The normalized spacial score (nSPS) is 12.5. The van der Waals surface area contributed by atoms with Crippen LogP contribution in [0.1, 0.15) is 32.6 Å². The van der Waals surface area contributed by atoms with Crippen LogP contribution in [-0.4, -0.2) is 37.7 Å². The summed E-state index contributed by atoms with van der Waals surface area (Å²) in [5.41, 5.74) is 0. The van der Waals surface area contributed by atoms with E-state index in [2.05, 4.69) is 11.6 Å². The second kappa shape index (κ2) is 10.3. The van der Waals surface area contributed by atoms with Crippen LogP contribution in [0, 0.1) is 0 Å². The maximum absolute atomic E-state index is 11.3. The molecule has 90 valence electrons. The lowest BCUT2D eigenvalue weighted by Crippen LogP contribution is -2.34. The molecule has 0 rings (SSSR count). The summed E-state index contributed by atoms with van der Waals surface area (Å²) >= 11 is 1.89. The van der Waals surface area contributed by atoms with Crippen LogP contribution in [0.5, 0.6) is 0 Å². The van der Waals surface area contributed by atoms with E-state index in [4.69, 9.17) is 4.74 Å². The van der Waals surface area contributed by atoms with Crippen LogP contribution in [0.3, 0.4) is 0 Å². The van der Waals surface area contributed by atoms with Crippen molar-refractivity contribution in [2.24, 2.45) is 0 Å². The fourth-order valence-corrected chi connectivity index (χ4v) is 1.68. The molecule has 0 aromatic rings. The largest absolute Gasteiger partial charge is 0.372 e. The van der Waals surface area contributed by atoms with Gasteiger partial charge in [0.15, 0.2) is 0 Å². The first kappa shape index (κ1) is 14.8. The Morgan fingerprint density at radius 3 is 2.60 bits per heavy atom. The first-order valence-corrected chi connectivity index (χ1v) is 6.91. The lowest BCUT2D eigenvalue weighted by atomic mass is 10.2. The molecule has 3 nitrogen and oxygen atoms in total. The van der Waals surface area contributed by atoms with Gasteiger partial charge >= 0.3 is 0 Å². The summed E-state index contributed by atoms with van der Waals surface area (Å²) in [4.78, 5) is 11.3. The first-order chi connectivity index (χ1) is 7.22. The molecule has 0 radical (unpaired) electrons. The summed E-state index contributed by atoms with van der Waals surface area (Å²) in [6, 6.07) is 0. The number of hydrogen-bond donors (Lipinski definition) is 1. The third-order valence-corrected chi connectivity index (χ3v) is 2.99. The smallest absolute Gasteiger partial charge is 0.248 e. The summed E-state index contributed by atoms with van der Waals surface area (Å²) in [5.74, 6) is 1.23. The molecular weight excluding hydrogens is 210 g/mol. The van der Waals surface area contributed by atoms with Crippen LogP contribution in [0.2, 0.25) is 0 Å². The molecule has 1 atom stereocenters. The molecule has 1 unspecified atom stereocenters. The molecule has 0 spiro atoms. The number of amides is 1. The lowest BCUT2D eigenvalue weighted by Gasteiger charge is -2.09. The van der Waals surface area contributed by atoms with Gasteiger partial charge in [0.25, 0.3) is 0 Å². The molecule has 0 saturated carbocycles. The maximum atomic E-state index is 11.3. The number of nitrogens with one attached hydrogen (secondary N) is 1. The molecule has 0 aliphatic heterocycles. The lowest BCUT2D eigenvalue weighted by molar-refractivity contribution is -0.130. The number of thioether (sulfide) groups is 1. The molecule has 0 aromatic carbocycles. The zero-order chi connectivity index (χ0) is 11.5. The van der Waals surface area contributed by atoms with E-state index >= 15 is 0 Å². The van der Waals surface area contributed by atoms with Crippen molar-refractivity contribution in [3.63, 3.8) is 0 Å². The molecule has 0 saturated heterocycles. The number of hydrogen-bond acceptors (Lipinski definition) is 3. The highest BCUT2D eigenvalue weighted by Gasteiger charge is 2.09. The van der Waals surface area contributed by atoms with Crippen LogP contribution in [0.25, 0.3) is 0 Å². The van der Waals surface area contributed by atoms with E-state index in [9.17, 15) is 4.79 Å². The quantitative estimate of drug-likeness (QED) is 0.620. The highest BCUT2D eigenvalue weighted by molar-refractivity contribution is 7.98. The zero-order valence-corrected chi connectivity index (χ0v) is 10.9. The number of methoxy groups -OCH3 is 1. The van der Waals surface area contributed by atoms with Crippen LogP contribution < -0.4 is 5.32 Å². The zero-order valence-electron chi connectivity index (χ0n) is 10.0. The van der Waals surface area contributed by atoms with Crippen LogP contribution in [0.4, 0.5) is 0 Å². The standard InChI is InChI=1S/C11H23NO2S/c1-10(14-2)11(13)12-8-6-4-5-7-9-15-3/h10H,4-9H2,1-3H3,(H,12,13). The Kier molecular flexibility index (Phi) is 10.2. The van der Waals surface area contributed by atoms with E-state index in [0.29, 0.717) is 0 Å². The monoisotopic (exact) mass is 233 g/mol. The second-order valence-corrected chi connectivity index (χ2v) is 4.56. The molecule has 0 aromatic heterocycles. The van der Waals surface area contributed by atoms with E-state index in [1.165, 1.54) is 25.0 Å². The van der Waals surface area contributed by atoms with Gasteiger partial charge in [-0.1, -0.05) is 12.8 Å².